The molecule has 0 aromatic carbocycles. The normalized spacial score (nSPS) is 28.4. The molecule has 3 rings (SSSR count). The molecule has 2 fully saturated rings. The Bertz CT molecular complexity index is 1740. The Morgan fingerprint density at radius 1 is 0.548 bits per heavy atom. The fourth-order valence-electron chi connectivity index (χ4n) is 5.97. The fourth-order valence-corrected chi connectivity index (χ4v) is 6.97. The average Bonchev–Trinajstić information content (AvgIpc) is 3.45. The minimum Gasteiger partial charge on any atom is -0.462 e. The maximum Gasteiger partial charge on any atom is 0.321 e. The molecule has 0 aromatic rings. The van der Waals surface area contributed by atoms with E-state index in [1.54, 1.807) is 131 Å². The molecule has 0 unspecified atom stereocenters. The number of carbonyl (C=O) groups excluding carboxylic acids is 7. The van der Waals surface area contributed by atoms with Crippen LogP contribution in [0.25, 0.3) is 0 Å². The van der Waals surface area contributed by atoms with Gasteiger partial charge < -0.3 is 42.6 Å². The Labute approximate surface area is 380 Å². The summed E-state index contributed by atoms with van der Waals surface area (Å²) in [5.41, 5.74) is -5.73. The van der Waals surface area contributed by atoms with Gasteiger partial charge in [-0.25, -0.2) is 0 Å². The predicted octanol–water partition coefficient (Wildman–Crippen LogP) is 6.60. The van der Waals surface area contributed by atoms with E-state index >= 15 is 0 Å². The van der Waals surface area contributed by atoms with Gasteiger partial charge in [0.05, 0.1) is 38.4 Å². The highest BCUT2D eigenvalue weighted by molar-refractivity contribution is 14.1. The number of ether oxygens (including phenoxy) is 9. The van der Waals surface area contributed by atoms with Crippen LogP contribution in [0.2, 0.25) is 0 Å². The molecule has 3 aliphatic rings. The third-order valence-electron chi connectivity index (χ3n) is 9.94. The van der Waals surface area contributed by atoms with E-state index < -0.39 is 140 Å². The van der Waals surface area contributed by atoms with Gasteiger partial charge in [0, 0.05) is 5.92 Å². The van der Waals surface area contributed by atoms with E-state index in [2.05, 4.69) is 0 Å². The summed E-state index contributed by atoms with van der Waals surface area (Å²) in [4.78, 5) is 94.6. The van der Waals surface area contributed by atoms with E-state index in [0.717, 1.165) is 0 Å². The fraction of sp³-hybridized carbons (Fsp3) is 0.800. The topological polar surface area (TPSA) is 203 Å². The first-order valence-corrected chi connectivity index (χ1v) is 22.1. The summed E-state index contributed by atoms with van der Waals surface area (Å²) < 4.78 is 53.9. The van der Waals surface area contributed by atoms with Crippen LogP contribution >= 0.6 is 22.6 Å². The summed E-state index contributed by atoms with van der Waals surface area (Å²) in [6, 6.07) is 0. The summed E-state index contributed by atoms with van der Waals surface area (Å²) in [6.07, 6.45) is -9.03. The molecule has 2 saturated heterocycles. The highest BCUT2D eigenvalue weighted by atomic mass is 127. The molecule has 2 aliphatic heterocycles. The zero-order valence-electron chi connectivity index (χ0n) is 39.7. The van der Waals surface area contributed by atoms with Gasteiger partial charge in [-0.3, -0.25) is 33.6 Å². The molecule has 0 radical (unpaired) electrons. The van der Waals surface area contributed by atoms with Crippen LogP contribution in [0.15, 0.2) is 11.6 Å². The molecule has 10 atom stereocenters. The minimum atomic E-state index is -1.76. The zero-order chi connectivity index (χ0) is 47.9. The van der Waals surface area contributed by atoms with Crippen molar-refractivity contribution in [3.8, 4) is 0 Å². The summed E-state index contributed by atoms with van der Waals surface area (Å²) in [6.45, 7) is 28.6. The van der Waals surface area contributed by atoms with Crippen LogP contribution in [0.5, 0.6) is 0 Å². The first-order valence-electron chi connectivity index (χ1n) is 20.9. The predicted molar refractivity (Wildman–Crippen MR) is 231 cm³/mol. The maximum absolute atomic E-state index is 13.8. The Kier molecular flexibility index (Phi) is 16.3. The van der Waals surface area contributed by atoms with Gasteiger partial charge in [0.2, 0.25) is 12.6 Å². The third-order valence-corrected chi connectivity index (χ3v) is 11.3. The van der Waals surface area contributed by atoms with Gasteiger partial charge in [-0.05, 0) is 136 Å². The van der Waals surface area contributed by atoms with Crippen molar-refractivity contribution in [2.45, 2.75) is 172 Å². The first kappa shape index (κ1) is 53.0. The van der Waals surface area contributed by atoms with E-state index in [9.17, 15) is 33.6 Å². The van der Waals surface area contributed by atoms with Crippen LogP contribution in [-0.4, -0.2) is 102 Å². The number of fused-ring (bicyclic) bond motifs is 1. The number of hydrogen-bond donors (Lipinski definition) is 0. The molecule has 0 N–H and O–H groups in total. The van der Waals surface area contributed by atoms with Gasteiger partial charge in [0.25, 0.3) is 0 Å². The van der Waals surface area contributed by atoms with Crippen molar-refractivity contribution in [3.05, 3.63) is 11.6 Å². The maximum atomic E-state index is 13.8. The van der Waals surface area contributed by atoms with Gasteiger partial charge in [-0.15, -0.1) is 0 Å². The molecular weight excluding hydrogens is 923 g/mol. The molecule has 1 aliphatic carbocycles. The Hall–Kier alpha value is -3.32. The van der Waals surface area contributed by atoms with Gasteiger partial charge in [-0.2, -0.15) is 0 Å². The highest BCUT2D eigenvalue weighted by Gasteiger charge is 2.60. The zero-order valence-corrected chi connectivity index (χ0v) is 41.8. The van der Waals surface area contributed by atoms with Crippen molar-refractivity contribution in [2.75, 3.05) is 13.2 Å². The number of alkyl halides is 1. The van der Waals surface area contributed by atoms with Gasteiger partial charge in [0.1, 0.15) is 29.3 Å². The Balaban J connectivity index is 2.28. The van der Waals surface area contributed by atoms with Crippen molar-refractivity contribution in [1.29, 1.82) is 0 Å². The molecule has 0 aromatic heterocycles. The summed E-state index contributed by atoms with van der Waals surface area (Å²) >= 11 is 1.91. The largest absolute Gasteiger partial charge is 0.462 e. The lowest BCUT2D eigenvalue weighted by Gasteiger charge is -2.47. The second kappa shape index (κ2) is 19.0. The van der Waals surface area contributed by atoms with Gasteiger partial charge in [-0.1, -0.05) is 22.6 Å². The molecule has 0 saturated carbocycles. The molecule has 0 amide bonds. The molecule has 352 valence electrons. The third kappa shape index (κ3) is 13.4. The van der Waals surface area contributed by atoms with E-state index in [4.69, 9.17) is 42.6 Å². The standard InChI is InChI=1S/C45H69IO16/c1-40(2,3)34(48)54-20-22-19-23(57-36(50)42(7,8)9)26-25(22)32(61-31(47)27(26)46)62-33-30(60-39(53)45(16,17)18)29(59-38(52)44(13,14)15)28(58-37(51)43(10,11)12)24(56-33)21-55-35(49)41(4,5)6/h19,23-30,32-33H,20-21H2,1-18H3/t23-,24-,25-,26+,27-,28-,29+,30-,32+,33+/m1/s1. The number of cyclic esters (lactones) is 1. The lowest BCUT2D eigenvalue weighted by molar-refractivity contribution is -0.347. The Morgan fingerprint density at radius 2 is 0.952 bits per heavy atom. The minimum absolute atomic E-state index is 0.294. The van der Waals surface area contributed by atoms with Crippen LogP contribution in [0.4, 0.5) is 0 Å². The summed E-state index contributed by atoms with van der Waals surface area (Å²) in [5.74, 6) is -6.51. The SMILES string of the molecule is CC(C)(C)C(=O)OCC1=C[C@@H](OC(=O)C(C)(C)C)[C@H]2[C@@H]1[C@H](O[C@@H]1O[C@H](COC(=O)C(C)(C)C)[C@@H](OC(=O)C(C)(C)C)[C@H](OC(=O)C(C)(C)C)[C@H]1OC(=O)C(C)(C)C)OC(=O)[C@@H]2I. The highest BCUT2D eigenvalue weighted by Crippen LogP contribution is 2.48. The first-order chi connectivity index (χ1) is 27.8. The number of esters is 7. The van der Waals surface area contributed by atoms with Crippen molar-refractivity contribution < 1.29 is 76.2 Å². The van der Waals surface area contributed by atoms with Crippen molar-refractivity contribution in [1.82, 2.24) is 0 Å². The van der Waals surface area contributed by atoms with E-state index in [0.29, 0.717) is 5.57 Å². The van der Waals surface area contributed by atoms with Crippen LogP contribution in [-0.2, 0) is 76.2 Å². The van der Waals surface area contributed by atoms with Gasteiger partial charge >= 0.3 is 41.8 Å². The van der Waals surface area contributed by atoms with Crippen molar-refractivity contribution >= 4 is 64.4 Å². The Morgan fingerprint density at radius 3 is 1.40 bits per heavy atom. The van der Waals surface area contributed by atoms with Crippen LogP contribution in [0, 0.1) is 44.3 Å². The monoisotopic (exact) mass is 992 g/mol. The molecule has 16 nitrogen and oxygen atoms in total. The smallest absolute Gasteiger partial charge is 0.321 e. The molecule has 2 heterocycles. The number of hydrogen-bond acceptors (Lipinski definition) is 16. The van der Waals surface area contributed by atoms with Gasteiger partial charge in [0.15, 0.2) is 18.3 Å². The van der Waals surface area contributed by atoms with Crippen LogP contribution in [0.1, 0.15) is 125 Å². The van der Waals surface area contributed by atoms with Crippen LogP contribution < -0.4 is 0 Å². The molecular formula is C45H69IO16. The van der Waals surface area contributed by atoms with Crippen molar-refractivity contribution in [3.63, 3.8) is 0 Å². The number of halogens is 1. The number of carbonyl (C=O) groups is 7. The lowest BCUT2D eigenvalue weighted by atomic mass is 9.84. The molecule has 0 spiro atoms. The molecule has 0 bridgehead atoms. The second-order valence-electron chi connectivity index (χ2n) is 22.4. The summed E-state index contributed by atoms with van der Waals surface area (Å²) in [7, 11) is 0. The quantitative estimate of drug-likeness (QED) is 0.0744. The average molecular weight is 993 g/mol. The van der Waals surface area contributed by atoms with Crippen molar-refractivity contribution in [2.24, 2.45) is 44.3 Å². The van der Waals surface area contributed by atoms with E-state index in [1.165, 1.54) is 0 Å². The van der Waals surface area contributed by atoms with E-state index in [1.807, 2.05) is 22.6 Å². The summed E-state index contributed by atoms with van der Waals surface area (Å²) in [5, 5.41) is 0. The molecule has 62 heavy (non-hydrogen) atoms. The van der Waals surface area contributed by atoms with Crippen LogP contribution in [0.3, 0.4) is 0 Å². The number of rotatable bonds is 10. The van der Waals surface area contributed by atoms with E-state index in [-0.39, 0.29) is 6.61 Å². The second-order valence-corrected chi connectivity index (χ2v) is 23.7. The lowest BCUT2D eigenvalue weighted by Crippen LogP contribution is -2.65. The molecule has 17 heteroatoms.